The Morgan fingerprint density at radius 3 is 0.731 bits per heavy atom. The zero-order chi connectivity index (χ0) is 56.4. The Kier molecular flexibility index (Phi) is 65.1. The molecule has 0 radical (unpaired) electrons. The fraction of sp³-hybridized carbons (Fsp3) is 0.875. The van der Waals surface area contributed by atoms with Crippen molar-refractivity contribution in [2.24, 2.45) is 0 Å². The number of hydrogen-bond donors (Lipinski definition) is 0. The first kappa shape index (κ1) is 75.6. The molecule has 6 heteroatoms. The largest absolute Gasteiger partial charge is 0.462 e. The summed E-state index contributed by atoms with van der Waals surface area (Å²) in [4.78, 5) is 38.4. The van der Waals surface area contributed by atoms with Crippen molar-refractivity contribution in [3.8, 4) is 0 Å². The average molecular weight is 1100 g/mol. The lowest BCUT2D eigenvalue weighted by molar-refractivity contribution is -0.167. The molecule has 458 valence electrons. The molecule has 1 unspecified atom stereocenters. The Morgan fingerprint density at radius 2 is 0.462 bits per heavy atom. The van der Waals surface area contributed by atoms with E-state index in [1.54, 1.807) is 0 Å². The van der Waals surface area contributed by atoms with E-state index < -0.39 is 6.10 Å². The summed E-state index contributed by atoms with van der Waals surface area (Å²) in [7, 11) is 0. The van der Waals surface area contributed by atoms with Gasteiger partial charge in [0.15, 0.2) is 6.10 Å². The second-order valence-electron chi connectivity index (χ2n) is 23.8. The van der Waals surface area contributed by atoms with Gasteiger partial charge in [-0.1, -0.05) is 327 Å². The highest BCUT2D eigenvalue weighted by molar-refractivity contribution is 5.71. The molecule has 1 atom stereocenters. The van der Waals surface area contributed by atoms with Crippen LogP contribution in [-0.2, 0) is 28.6 Å². The van der Waals surface area contributed by atoms with Gasteiger partial charge in [-0.2, -0.15) is 0 Å². The van der Waals surface area contributed by atoms with Crippen LogP contribution in [0.4, 0.5) is 0 Å². The molecule has 0 aromatic rings. The van der Waals surface area contributed by atoms with E-state index >= 15 is 0 Å². The number of ether oxygens (including phenoxy) is 3. The minimum Gasteiger partial charge on any atom is -0.462 e. The van der Waals surface area contributed by atoms with Crippen LogP contribution in [0, 0.1) is 0 Å². The van der Waals surface area contributed by atoms with Gasteiger partial charge in [-0.3, -0.25) is 14.4 Å². The van der Waals surface area contributed by atoms with Crippen LogP contribution >= 0.6 is 0 Å². The zero-order valence-electron chi connectivity index (χ0n) is 52.7. The van der Waals surface area contributed by atoms with Crippen LogP contribution in [0.2, 0.25) is 0 Å². The van der Waals surface area contributed by atoms with Crippen LogP contribution in [0.25, 0.3) is 0 Å². The summed E-state index contributed by atoms with van der Waals surface area (Å²) in [6.07, 6.45) is 83.1. The van der Waals surface area contributed by atoms with Crippen molar-refractivity contribution in [3.63, 3.8) is 0 Å². The molecule has 0 aromatic carbocycles. The zero-order valence-corrected chi connectivity index (χ0v) is 52.7. The van der Waals surface area contributed by atoms with Gasteiger partial charge in [-0.25, -0.2) is 0 Å². The normalized spacial score (nSPS) is 12.2. The molecule has 0 aliphatic carbocycles. The van der Waals surface area contributed by atoms with Gasteiger partial charge < -0.3 is 14.2 Å². The maximum absolute atomic E-state index is 13.0. The van der Waals surface area contributed by atoms with Crippen molar-refractivity contribution < 1.29 is 28.6 Å². The second-order valence-corrected chi connectivity index (χ2v) is 23.8. The summed E-state index contributed by atoms with van der Waals surface area (Å²) in [6, 6.07) is 0. The second kappa shape index (κ2) is 67.1. The molecular weight excluding hydrogens is 961 g/mol. The maximum atomic E-state index is 13.0. The van der Waals surface area contributed by atoms with E-state index in [0.717, 1.165) is 77.0 Å². The highest BCUT2D eigenvalue weighted by Gasteiger charge is 2.19. The lowest BCUT2D eigenvalue weighted by Gasteiger charge is -2.18. The van der Waals surface area contributed by atoms with Crippen molar-refractivity contribution in [1.82, 2.24) is 0 Å². The summed E-state index contributed by atoms with van der Waals surface area (Å²) in [5, 5.41) is 0. The number of rotatable bonds is 65. The van der Waals surface area contributed by atoms with Crippen molar-refractivity contribution >= 4 is 17.9 Å². The Morgan fingerprint density at radius 1 is 0.256 bits per heavy atom. The van der Waals surface area contributed by atoms with Gasteiger partial charge >= 0.3 is 17.9 Å². The molecule has 0 saturated carbocycles. The summed E-state index contributed by atoms with van der Waals surface area (Å²) in [6.45, 7) is 6.69. The van der Waals surface area contributed by atoms with Gasteiger partial charge in [-0.05, 0) is 77.0 Å². The van der Waals surface area contributed by atoms with Crippen LogP contribution < -0.4 is 0 Å². The number of carbonyl (C=O) groups excluding carboxylic acids is 3. The van der Waals surface area contributed by atoms with E-state index in [-0.39, 0.29) is 31.1 Å². The van der Waals surface area contributed by atoms with E-state index in [4.69, 9.17) is 14.2 Å². The average Bonchev–Trinajstić information content (AvgIpc) is 3.44. The molecule has 0 heterocycles. The summed E-state index contributed by atoms with van der Waals surface area (Å²) >= 11 is 0. The first-order valence-electron chi connectivity index (χ1n) is 35.0. The Bertz CT molecular complexity index is 1300. The third kappa shape index (κ3) is 64.5. The minimum atomic E-state index is -0.777. The first-order chi connectivity index (χ1) is 38.5. The van der Waals surface area contributed by atoms with Crippen molar-refractivity contribution in [2.45, 2.75) is 393 Å². The first-order valence-corrected chi connectivity index (χ1v) is 35.0. The third-order valence-electron chi connectivity index (χ3n) is 15.9. The molecule has 0 amide bonds. The molecule has 0 fully saturated rings. The molecule has 0 spiro atoms. The maximum Gasteiger partial charge on any atom is 0.306 e. The van der Waals surface area contributed by atoms with Gasteiger partial charge in [0.1, 0.15) is 13.2 Å². The van der Waals surface area contributed by atoms with Gasteiger partial charge in [0.2, 0.25) is 0 Å². The topological polar surface area (TPSA) is 78.9 Å². The molecule has 0 saturated heterocycles. The molecule has 6 nitrogen and oxygen atoms in total. The predicted molar refractivity (Wildman–Crippen MR) is 339 cm³/mol. The van der Waals surface area contributed by atoms with Crippen LogP contribution in [0.3, 0.4) is 0 Å². The summed E-state index contributed by atoms with van der Waals surface area (Å²) in [5.41, 5.74) is 0. The van der Waals surface area contributed by atoms with E-state index in [2.05, 4.69) is 57.2 Å². The van der Waals surface area contributed by atoms with Crippen LogP contribution in [-0.4, -0.2) is 37.2 Å². The fourth-order valence-electron chi connectivity index (χ4n) is 10.6. The smallest absolute Gasteiger partial charge is 0.306 e. The van der Waals surface area contributed by atoms with Gasteiger partial charge in [0, 0.05) is 19.3 Å². The number of carbonyl (C=O) groups is 3. The predicted octanol–water partition coefficient (Wildman–Crippen LogP) is 23.9. The third-order valence-corrected chi connectivity index (χ3v) is 15.9. The van der Waals surface area contributed by atoms with E-state index in [1.165, 1.54) is 270 Å². The molecule has 0 aromatic heterocycles. The minimum absolute atomic E-state index is 0.0724. The Hall–Kier alpha value is -2.37. The van der Waals surface area contributed by atoms with Gasteiger partial charge in [0.25, 0.3) is 0 Å². The fourth-order valence-corrected chi connectivity index (χ4v) is 10.6. The molecule has 0 rings (SSSR count). The van der Waals surface area contributed by atoms with Crippen LogP contribution in [0.15, 0.2) is 36.5 Å². The lowest BCUT2D eigenvalue weighted by atomic mass is 10.0. The molecular formula is C72H134O6. The monoisotopic (exact) mass is 1100 g/mol. The van der Waals surface area contributed by atoms with Gasteiger partial charge in [-0.15, -0.1) is 0 Å². The Balaban J connectivity index is 4.30. The van der Waals surface area contributed by atoms with Gasteiger partial charge in [0.05, 0.1) is 0 Å². The SMILES string of the molecule is CCCCCC/C=C\C/C=C\CCCCCCCC(=O)OCC(COC(=O)CCCCCCCCCCCCC/C=C\CCCCCCCCCC)OC(=O)CCCCCCCCCCCCCCCCCCCCCCC. The quantitative estimate of drug-likeness (QED) is 0.0261. The van der Waals surface area contributed by atoms with Crippen molar-refractivity contribution in [3.05, 3.63) is 36.5 Å². The molecule has 0 N–H and O–H groups in total. The molecule has 0 aliphatic heterocycles. The van der Waals surface area contributed by atoms with Crippen molar-refractivity contribution in [1.29, 1.82) is 0 Å². The Labute approximate surface area is 486 Å². The van der Waals surface area contributed by atoms with Crippen molar-refractivity contribution in [2.75, 3.05) is 13.2 Å². The van der Waals surface area contributed by atoms with E-state index in [0.29, 0.717) is 19.3 Å². The standard InChI is InChI=1S/C72H134O6/c1-4-7-10-13-16-19-22-25-28-31-33-35-36-38-39-41-44-47-50-53-56-59-62-65-71(74)77-68-69(67-76-70(73)64-61-58-55-52-49-46-43-30-27-24-21-18-15-12-9-6-3)78-72(75)66-63-60-57-54-51-48-45-42-40-37-34-32-29-26-23-20-17-14-11-8-5-2/h21,24,30-31,33,43,69H,4-20,22-23,25-29,32,34-42,44-68H2,1-3H3/b24-21-,33-31-,43-30-. The van der Waals surface area contributed by atoms with E-state index in [9.17, 15) is 14.4 Å². The molecule has 0 aliphatic rings. The highest BCUT2D eigenvalue weighted by atomic mass is 16.6. The lowest BCUT2D eigenvalue weighted by Crippen LogP contribution is -2.30. The van der Waals surface area contributed by atoms with E-state index in [1.807, 2.05) is 0 Å². The molecule has 78 heavy (non-hydrogen) atoms. The number of esters is 3. The number of allylic oxidation sites excluding steroid dienone is 6. The number of hydrogen-bond acceptors (Lipinski definition) is 6. The van der Waals surface area contributed by atoms with Crippen LogP contribution in [0.5, 0.6) is 0 Å². The number of unbranched alkanes of at least 4 members (excludes halogenated alkanes) is 48. The summed E-state index contributed by atoms with van der Waals surface area (Å²) < 4.78 is 17.0. The van der Waals surface area contributed by atoms with Crippen LogP contribution in [0.1, 0.15) is 387 Å². The highest BCUT2D eigenvalue weighted by Crippen LogP contribution is 2.18. The molecule has 0 bridgehead atoms. The summed E-state index contributed by atoms with van der Waals surface area (Å²) in [5.74, 6) is -0.858.